The lowest BCUT2D eigenvalue weighted by Crippen LogP contribution is -2.08. The molecule has 0 N–H and O–H groups in total. The smallest absolute Gasteiger partial charge is 0.125 e. The van der Waals surface area contributed by atoms with E-state index in [1.54, 1.807) is 0 Å². The van der Waals surface area contributed by atoms with Gasteiger partial charge in [-0.05, 0) is 31.0 Å². The minimum atomic E-state index is 0.424. The zero-order chi connectivity index (χ0) is 12.5. The summed E-state index contributed by atoms with van der Waals surface area (Å²) in [5, 5.41) is 9.01. The molecule has 1 aromatic carbocycles. The monoisotopic (exact) mass is 259 g/mol. The van der Waals surface area contributed by atoms with Crippen LogP contribution in [0.4, 0.5) is 0 Å². The molecule has 1 aliphatic carbocycles. The molecule has 0 spiro atoms. The summed E-state index contributed by atoms with van der Waals surface area (Å²) < 4.78 is 2.25. The zero-order valence-corrected chi connectivity index (χ0v) is 10.8. The Labute approximate surface area is 111 Å². The van der Waals surface area contributed by atoms with Crippen molar-refractivity contribution in [1.82, 2.24) is 9.55 Å². The van der Waals surface area contributed by atoms with Gasteiger partial charge in [0.15, 0.2) is 0 Å². The fraction of sp³-hybridized carbons (Fsp3) is 0.429. The molecule has 1 saturated carbocycles. The first kappa shape index (κ1) is 11.6. The normalized spacial score (nSPS) is 16.2. The Bertz CT molecular complexity index is 618. The topological polar surface area (TPSA) is 41.6 Å². The van der Waals surface area contributed by atoms with E-state index in [-0.39, 0.29) is 0 Å². The lowest BCUT2D eigenvalue weighted by atomic mass is 10.2. The number of alkyl halides is 1. The van der Waals surface area contributed by atoms with Crippen LogP contribution in [0.2, 0.25) is 0 Å². The van der Waals surface area contributed by atoms with Gasteiger partial charge in [0.1, 0.15) is 5.82 Å². The minimum absolute atomic E-state index is 0.424. The molecule has 0 unspecified atom stereocenters. The lowest BCUT2D eigenvalue weighted by Gasteiger charge is -2.15. The van der Waals surface area contributed by atoms with Gasteiger partial charge in [-0.2, -0.15) is 5.26 Å². The van der Waals surface area contributed by atoms with Crippen LogP contribution in [0.15, 0.2) is 18.2 Å². The van der Waals surface area contributed by atoms with Crippen molar-refractivity contribution in [2.75, 3.05) is 0 Å². The molecule has 92 valence electrons. The van der Waals surface area contributed by atoms with Gasteiger partial charge in [0, 0.05) is 6.04 Å². The van der Waals surface area contributed by atoms with Crippen molar-refractivity contribution in [3.63, 3.8) is 0 Å². The van der Waals surface area contributed by atoms with Gasteiger partial charge < -0.3 is 4.57 Å². The molecule has 3 rings (SSSR count). The van der Waals surface area contributed by atoms with Gasteiger partial charge >= 0.3 is 0 Å². The summed E-state index contributed by atoms with van der Waals surface area (Å²) in [4.78, 5) is 4.57. The van der Waals surface area contributed by atoms with Crippen LogP contribution < -0.4 is 0 Å². The third-order valence-corrected chi connectivity index (χ3v) is 3.94. The van der Waals surface area contributed by atoms with Gasteiger partial charge in [-0.1, -0.05) is 12.8 Å². The molecular formula is C14H14ClN3. The number of benzene rings is 1. The third kappa shape index (κ3) is 1.77. The van der Waals surface area contributed by atoms with Crippen LogP contribution in [0.1, 0.15) is 43.1 Å². The van der Waals surface area contributed by atoms with Crippen LogP contribution in [-0.4, -0.2) is 9.55 Å². The maximum atomic E-state index is 9.01. The number of rotatable bonds is 2. The first-order valence-corrected chi connectivity index (χ1v) is 6.84. The summed E-state index contributed by atoms with van der Waals surface area (Å²) in [5.41, 5.74) is 2.68. The molecule has 3 nitrogen and oxygen atoms in total. The highest BCUT2D eigenvalue weighted by molar-refractivity contribution is 6.16. The number of imidazole rings is 1. The zero-order valence-electron chi connectivity index (χ0n) is 10.1. The maximum absolute atomic E-state index is 9.01. The number of fused-ring (bicyclic) bond motifs is 1. The van der Waals surface area contributed by atoms with E-state index < -0.39 is 0 Å². The van der Waals surface area contributed by atoms with Gasteiger partial charge in [0.05, 0.1) is 28.5 Å². The van der Waals surface area contributed by atoms with E-state index >= 15 is 0 Å². The molecule has 1 aromatic heterocycles. The first-order chi connectivity index (χ1) is 8.83. The van der Waals surface area contributed by atoms with E-state index in [4.69, 9.17) is 16.9 Å². The van der Waals surface area contributed by atoms with Crippen molar-refractivity contribution >= 4 is 22.6 Å². The molecule has 0 bridgehead atoms. The van der Waals surface area contributed by atoms with E-state index in [2.05, 4.69) is 15.6 Å². The predicted octanol–water partition coefficient (Wildman–Crippen LogP) is 3.76. The molecule has 18 heavy (non-hydrogen) atoms. The number of aromatic nitrogens is 2. The Balaban J connectivity index is 2.21. The molecule has 4 heteroatoms. The Morgan fingerprint density at radius 2 is 2.17 bits per heavy atom. The predicted molar refractivity (Wildman–Crippen MR) is 71.5 cm³/mol. The van der Waals surface area contributed by atoms with Gasteiger partial charge in [0.2, 0.25) is 0 Å². The van der Waals surface area contributed by atoms with E-state index in [9.17, 15) is 0 Å². The molecule has 1 fully saturated rings. The highest BCUT2D eigenvalue weighted by Gasteiger charge is 2.22. The molecule has 0 radical (unpaired) electrons. The number of halogens is 1. The van der Waals surface area contributed by atoms with Crippen molar-refractivity contribution in [1.29, 1.82) is 5.26 Å². The van der Waals surface area contributed by atoms with Crippen molar-refractivity contribution in [3.05, 3.63) is 29.6 Å². The second-order valence-electron chi connectivity index (χ2n) is 4.79. The summed E-state index contributed by atoms with van der Waals surface area (Å²) in [5.74, 6) is 1.35. The van der Waals surface area contributed by atoms with Crippen LogP contribution in [0.5, 0.6) is 0 Å². The van der Waals surface area contributed by atoms with Gasteiger partial charge in [-0.3, -0.25) is 0 Å². The van der Waals surface area contributed by atoms with Crippen molar-refractivity contribution in [3.8, 4) is 6.07 Å². The van der Waals surface area contributed by atoms with E-state index in [0.717, 1.165) is 16.9 Å². The van der Waals surface area contributed by atoms with Gasteiger partial charge in [-0.15, -0.1) is 11.6 Å². The van der Waals surface area contributed by atoms with E-state index in [1.807, 2.05) is 18.2 Å². The van der Waals surface area contributed by atoms with Crippen molar-refractivity contribution in [2.24, 2.45) is 0 Å². The fourth-order valence-corrected chi connectivity index (χ4v) is 3.07. The molecule has 0 saturated heterocycles. The summed E-state index contributed by atoms with van der Waals surface area (Å²) in [6.07, 6.45) is 4.91. The number of hydrogen-bond acceptors (Lipinski definition) is 2. The van der Waals surface area contributed by atoms with Crippen LogP contribution in [0.25, 0.3) is 11.0 Å². The Kier molecular flexibility index (Phi) is 2.97. The highest BCUT2D eigenvalue weighted by Crippen LogP contribution is 2.34. The van der Waals surface area contributed by atoms with Crippen LogP contribution in [-0.2, 0) is 5.88 Å². The molecule has 0 amide bonds. The molecule has 0 aliphatic heterocycles. The quantitative estimate of drug-likeness (QED) is 0.771. The minimum Gasteiger partial charge on any atom is -0.324 e. The average Bonchev–Trinajstić information content (AvgIpc) is 3.03. The Hall–Kier alpha value is -1.53. The third-order valence-electron chi connectivity index (χ3n) is 3.70. The Morgan fingerprint density at radius 1 is 1.39 bits per heavy atom. The number of nitriles is 1. The van der Waals surface area contributed by atoms with E-state index in [0.29, 0.717) is 17.5 Å². The largest absolute Gasteiger partial charge is 0.324 e. The van der Waals surface area contributed by atoms with Crippen LogP contribution in [0, 0.1) is 11.3 Å². The molecular weight excluding hydrogens is 246 g/mol. The second kappa shape index (κ2) is 4.62. The molecule has 0 atom stereocenters. The van der Waals surface area contributed by atoms with Gasteiger partial charge in [0.25, 0.3) is 0 Å². The summed E-state index contributed by atoms with van der Waals surface area (Å²) in [6, 6.07) is 8.34. The molecule has 1 heterocycles. The lowest BCUT2D eigenvalue weighted by molar-refractivity contribution is 0.518. The maximum Gasteiger partial charge on any atom is 0.125 e. The molecule has 2 aromatic rings. The van der Waals surface area contributed by atoms with Crippen molar-refractivity contribution in [2.45, 2.75) is 37.6 Å². The Morgan fingerprint density at radius 3 is 2.83 bits per heavy atom. The van der Waals surface area contributed by atoms with Crippen LogP contribution in [0.3, 0.4) is 0 Å². The second-order valence-corrected chi connectivity index (χ2v) is 5.05. The number of hydrogen-bond donors (Lipinski definition) is 0. The van der Waals surface area contributed by atoms with Crippen molar-refractivity contribution < 1.29 is 0 Å². The summed E-state index contributed by atoms with van der Waals surface area (Å²) in [6.45, 7) is 0. The average molecular weight is 260 g/mol. The highest BCUT2D eigenvalue weighted by atomic mass is 35.5. The van der Waals surface area contributed by atoms with E-state index in [1.165, 1.54) is 25.7 Å². The first-order valence-electron chi connectivity index (χ1n) is 6.30. The molecule has 1 aliphatic rings. The standard InChI is InChI=1S/C14H14ClN3/c15-8-14-17-12-6-5-10(9-16)7-13(12)18(14)11-3-1-2-4-11/h5-7,11H,1-4,8H2. The summed E-state index contributed by atoms with van der Waals surface area (Å²) >= 11 is 6.01. The fourth-order valence-electron chi connectivity index (χ4n) is 2.88. The van der Waals surface area contributed by atoms with Gasteiger partial charge in [-0.25, -0.2) is 4.98 Å². The SMILES string of the molecule is N#Cc1ccc2nc(CCl)n(C3CCCC3)c2c1. The van der Waals surface area contributed by atoms with Crippen LogP contribution >= 0.6 is 11.6 Å². The number of nitrogens with zero attached hydrogens (tertiary/aromatic N) is 3. The summed E-state index contributed by atoms with van der Waals surface area (Å²) in [7, 11) is 0.